The van der Waals surface area contributed by atoms with Gasteiger partial charge < -0.3 is 5.11 Å². The van der Waals surface area contributed by atoms with Gasteiger partial charge in [0.25, 0.3) is 10.0 Å². The van der Waals surface area contributed by atoms with Gasteiger partial charge in [0.1, 0.15) is 10.7 Å². The average molecular weight is 296 g/mol. The Hall–Kier alpha value is -2.48. The van der Waals surface area contributed by atoms with E-state index in [0.717, 1.165) is 30.6 Å². The highest BCUT2D eigenvalue weighted by molar-refractivity contribution is 7.92. The van der Waals surface area contributed by atoms with Gasteiger partial charge in [-0.1, -0.05) is 12.1 Å². The lowest BCUT2D eigenvalue weighted by Gasteiger charge is -2.08. The highest BCUT2D eigenvalue weighted by Gasteiger charge is 2.19. The van der Waals surface area contributed by atoms with E-state index >= 15 is 0 Å². The summed E-state index contributed by atoms with van der Waals surface area (Å²) in [6, 6.07) is 5.95. The second-order valence-corrected chi connectivity index (χ2v) is 5.45. The van der Waals surface area contributed by atoms with Gasteiger partial charge in [-0.25, -0.2) is 17.6 Å². The zero-order valence-corrected chi connectivity index (χ0v) is 10.8. The first-order chi connectivity index (χ1) is 9.40. The molecule has 0 aliphatic carbocycles. The summed E-state index contributed by atoms with van der Waals surface area (Å²) in [5.74, 6) is -2.15. The van der Waals surface area contributed by atoms with Gasteiger partial charge in [-0.15, -0.1) is 0 Å². The highest BCUT2D eigenvalue weighted by Crippen LogP contribution is 2.18. The number of aromatic carboxylic acids is 1. The molecular formula is C12H9FN2O4S. The Morgan fingerprint density at radius 3 is 2.60 bits per heavy atom. The maximum Gasteiger partial charge on any atom is 0.337 e. The number of sulfonamides is 1. The molecule has 0 aliphatic heterocycles. The number of carboxylic acids is 1. The summed E-state index contributed by atoms with van der Waals surface area (Å²) >= 11 is 0. The molecule has 2 rings (SSSR count). The van der Waals surface area contributed by atoms with E-state index in [1.807, 2.05) is 0 Å². The summed E-state index contributed by atoms with van der Waals surface area (Å²) < 4.78 is 39.5. The van der Waals surface area contributed by atoms with Crippen molar-refractivity contribution in [3.63, 3.8) is 0 Å². The predicted octanol–water partition coefficient (Wildman–Crippen LogP) is 1.72. The molecule has 104 valence electrons. The number of hydrogen-bond acceptors (Lipinski definition) is 4. The molecule has 0 fully saturated rings. The van der Waals surface area contributed by atoms with Crippen molar-refractivity contribution in [1.29, 1.82) is 0 Å². The average Bonchev–Trinajstić information content (AvgIpc) is 2.38. The van der Waals surface area contributed by atoms with Crippen molar-refractivity contribution in [2.24, 2.45) is 0 Å². The third-order valence-corrected chi connectivity index (χ3v) is 3.78. The van der Waals surface area contributed by atoms with Crippen LogP contribution in [0.2, 0.25) is 0 Å². The zero-order chi connectivity index (χ0) is 14.8. The van der Waals surface area contributed by atoms with Crippen LogP contribution in [0.25, 0.3) is 0 Å². The molecule has 8 heteroatoms. The van der Waals surface area contributed by atoms with Crippen LogP contribution in [0.15, 0.2) is 47.6 Å². The molecule has 0 atom stereocenters. The quantitative estimate of drug-likeness (QED) is 0.895. The van der Waals surface area contributed by atoms with Gasteiger partial charge in [0.05, 0.1) is 17.4 Å². The lowest BCUT2D eigenvalue weighted by Crippen LogP contribution is -2.15. The molecule has 2 N–H and O–H groups in total. The van der Waals surface area contributed by atoms with Gasteiger partial charge in [0.15, 0.2) is 0 Å². The van der Waals surface area contributed by atoms with Crippen molar-refractivity contribution in [3.8, 4) is 0 Å². The zero-order valence-electron chi connectivity index (χ0n) is 9.95. The van der Waals surface area contributed by atoms with Crippen LogP contribution < -0.4 is 4.72 Å². The van der Waals surface area contributed by atoms with Crippen molar-refractivity contribution in [3.05, 3.63) is 54.1 Å². The molecule has 0 amide bonds. The largest absolute Gasteiger partial charge is 0.478 e. The summed E-state index contributed by atoms with van der Waals surface area (Å²) in [5, 5.41) is 8.79. The minimum Gasteiger partial charge on any atom is -0.478 e. The Bertz CT molecular complexity index is 762. The summed E-state index contributed by atoms with van der Waals surface area (Å²) in [6.07, 6.45) is 2.20. The predicted molar refractivity (Wildman–Crippen MR) is 68.4 cm³/mol. The van der Waals surface area contributed by atoms with Gasteiger partial charge in [0.2, 0.25) is 0 Å². The Morgan fingerprint density at radius 2 is 1.95 bits per heavy atom. The topological polar surface area (TPSA) is 96.4 Å². The van der Waals surface area contributed by atoms with Crippen molar-refractivity contribution in [2.45, 2.75) is 4.90 Å². The van der Waals surface area contributed by atoms with E-state index in [4.69, 9.17) is 5.11 Å². The molecule has 20 heavy (non-hydrogen) atoms. The maximum absolute atomic E-state index is 13.5. The highest BCUT2D eigenvalue weighted by atomic mass is 32.2. The van der Waals surface area contributed by atoms with E-state index < -0.39 is 26.7 Å². The summed E-state index contributed by atoms with van der Waals surface area (Å²) in [7, 11) is -4.14. The lowest BCUT2D eigenvalue weighted by atomic mass is 10.3. The fourth-order valence-corrected chi connectivity index (χ4v) is 2.60. The fourth-order valence-electron chi connectivity index (χ4n) is 1.49. The van der Waals surface area contributed by atoms with Gasteiger partial charge in [0, 0.05) is 6.20 Å². The SMILES string of the molecule is O=C(O)c1cncc(NS(=O)(=O)c2ccccc2F)c1. The first-order valence-corrected chi connectivity index (χ1v) is 6.84. The van der Waals surface area contributed by atoms with E-state index in [2.05, 4.69) is 9.71 Å². The molecule has 1 aromatic carbocycles. The Balaban J connectivity index is 2.36. The van der Waals surface area contributed by atoms with Crippen LogP contribution in [0, 0.1) is 5.82 Å². The number of carboxylic acid groups (broad SMARTS) is 1. The van der Waals surface area contributed by atoms with E-state index in [1.54, 1.807) is 0 Å². The molecule has 0 unspecified atom stereocenters. The van der Waals surface area contributed by atoms with Crippen molar-refractivity contribution >= 4 is 21.7 Å². The number of halogens is 1. The smallest absolute Gasteiger partial charge is 0.337 e. The molecule has 6 nitrogen and oxygen atoms in total. The molecule has 0 spiro atoms. The number of anilines is 1. The molecule has 0 saturated heterocycles. The Morgan fingerprint density at radius 1 is 1.25 bits per heavy atom. The number of nitrogens with zero attached hydrogens (tertiary/aromatic N) is 1. The summed E-state index contributed by atoms with van der Waals surface area (Å²) in [5.41, 5.74) is -0.244. The van der Waals surface area contributed by atoms with Crippen LogP contribution in [0.4, 0.5) is 10.1 Å². The maximum atomic E-state index is 13.5. The van der Waals surface area contributed by atoms with Gasteiger partial charge in [-0.3, -0.25) is 9.71 Å². The second-order valence-electron chi connectivity index (χ2n) is 3.80. The van der Waals surface area contributed by atoms with Crippen LogP contribution in [-0.4, -0.2) is 24.5 Å². The third kappa shape index (κ3) is 2.91. The normalized spacial score (nSPS) is 11.1. The number of carbonyl (C=O) groups is 1. The number of rotatable bonds is 4. The minimum atomic E-state index is -4.14. The van der Waals surface area contributed by atoms with Crippen LogP contribution in [0.5, 0.6) is 0 Å². The van der Waals surface area contributed by atoms with Gasteiger partial charge in [-0.05, 0) is 18.2 Å². The first-order valence-electron chi connectivity index (χ1n) is 5.36. The van der Waals surface area contributed by atoms with E-state index in [0.29, 0.717) is 0 Å². The third-order valence-electron chi connectivity index (χ3n) is 2.36. The molecule has 2 aromatic rings. The molecule has 1 heterocycles. The number of aromatic nitrogens is 1. The first kappa shape index (κ1) is 13.9. The van der Waals surface area contributed by atoms with Gasteiger partial charge in [-0.2, -0.15) is 0 Å². The van der Waals surface area contributed by atoms with Crippen LogP contribution in [0.1, 0.15) is 10.4 Å². The van der Waals surface area contributed by atoms with E-state index in [9.17, 15) is 17.6 Å². The fraction of sp³-hybridized carbons (Fsp3) is 0. The Kier molecular flexibility index (Phi) is 3.66. The van der Waals surface area contributed by atoms with Crippen LogP contribution >= 0.6 is 0 Å². The number of hydrogen-bond donors (Lipinski definition) is 2. The summed E-state index contributed by atoms with van der Waals surface area (Å²) in [6.45, 7) is 0. The molecule has 0 bridgehead atoms. The molecule has 0 saturated carbocycles. The van der Waals surface area contributed by atoms with E-state index in [-0.39, 0.29) is 11.3 Å². The lowest BCUT2D eigenvalue weighted by molar-refractivity contribution is 0.0696. The molecule has 1 aromatic heterocycles. The molecule has 0 radical (unpaired) electrons. The monoisotopic (exact) mass is 296 g/mol. The molecular weight excluding hydrogens is 287 g/mol. The number of pyridine rings is 1. The number of nitrogens with one attached hydrogen (secondary N) is 1. The standard InChI is InChI=1S/C12H9FN2O4S/c13-10-3-1-2-4-11(10)20(18,19)15-9-5-8(12(16)17)6-14-7-9/h1-7,15H,(H,16,17). The van der Waals surface area contributed by atoms with Crippen LogP contribution in [-0.2, 0) is 10.0 Å². The summed E-state index contributed by atoms with van der Waals surface area (Å²) in [4.78, 5) is 13.8. The Labute approximate surface area is 114 Å². The van der Waals surface area contributed by atoms with Crippen molar-refractivity contribution in [1.82, 2.24) is 4.98 Å². The molecule has 0 aliphatic rings. The van der Waals surface area contributed by atoms with Gasteiger partial charge >= 0.3 is 5.97 Å². The van der Waals surface area contributed by atoms with Crippen LogP contribution in [0.3, 0.4) is 0 Å². The van der Waals surface area contributed by atoms with Crippen molar-refractivity contribution < 1.29 is 22.7 Å². The number of benzene rings is 1. The second kappa shape index (κ2) is 5.25. The van der Waals surface area contributed by atoms with Crippen molar-refractivity contribution in [2.75, 3.05) is 4.72 Å². The van der Waals surface area contributed by atoms with E-state index in [1.165, 1.54) is 12.1 Å². The minimum absolute atomic E-state index is 0.0619.